The summed E-state index contributed by atoms with van der Waals surface area (Å²) in [7, 11) is 1.98. The average molecular weight is 283 g/mol. The predicted molar refractivity (Wildman–Crippen MR) is 81.1 cm³/mol. The first-order chi connectivity index (χ1) is 8.95. The number of aryl methyl sites for hydroxylation is 1. The molecule has 1 N–H and O–H groups in total. The Kier molecular flexibility index (Phi) is 4.48. The molecule has 0 spiro atoms. The lowest BCUT2D eigenvalue weighted by molar-refractivity contribution is -0.0749. The van der Waals surface area contributed by atoms with Crippen molar-refractivity contribution in [3.8, 4) is 0 Å². The predicted octanol–water partition coefficient (Wildman–Crippen LogP) is 2.43. The van der Waals surface area contributed by atoms with Crippen molar-refractivity contribution < 1.29 is 4.74 Å². The fourth-order valence-corrected chi connectivity index (χ4v) is 3.85. The Morgan fingerprint density at radius 1 is 1.53 bits per heavy atom. The van der Waals surface area contributed by atoms with Crippen molar-refractivity contribution in [2.75, 3.05) is 25.0 Å². The van der Waals surface area contributed by atoms with Gasteiger partial charge in [-0.3, -0.25) is 0 Å². The molecule has 1 aromatic heterocycles. The molecular formula is C14H25N3OS. The first kappa shape index (κ1) is 14.8. The lowest BCUT2D eigenvalue weighted by Gasteiger charge is -2.41. The topological polar surface area (TPSA) is 37.4 Å². The Labute approximate surface area is 120 Å². The minimum absolute atomic E-state index is 0.0983. The summed E-state index contributed by atoms with van der Waals surface area (Å²) in [6.45, 7) is 11.4. The summed E-state index contributed by atoms with van der Waals surface area (Å²) >= 11 is 1.81. The summed E-state index contributed by atoms with van der Waals surface area (Å²) in [6, 6.07) is 0. The van der Waals surface area contributed by atoms with Crippen molar-refractivity contribution in [3.05, 3.63) is 10.6 Å². The molecule has 2 rings (SSSR count). The van der Waals surface area contributed by atoms with Gasteiger partial charge >= 0.3 is 0 Å². The molecule has 5 heteroatoms. The van der Waals surface area contributed by atoms with Gasteiger partial charge in [-0.15, -0.1) is 11.3 Å². The Balaban J connectivity index is 2.21. The fraction of sp³-hybridized carbons (Fsp3) is 0.786. The first-order valence-corrected chi connectivity index (χ1v) is 7.82. The van der Waals surface area contributed by atoms with E-state index in [9.17, 15) is 0 Å². The summed E-state index contributed by atoms with van der Waals surface area (Å²) in [5, 5.41) is 4.37. The second-order valence-electron chi connectivity index (χ2n) is 5.82. The molecule has 0 aromatic carbocycles. The molecule has 19 heavy (non-hydrogen) atoms. The van der Waals surface area contributed by atoms with Crippen molar-refractivity contribution >= 4 is 16.5 Å². The largest absolute Gasteiger partial charge is 0.369 e. The van der Waals surface area contributed by atoms with Crippen LogP contribution >= 0.6 is 11.3 Å². The third-order valence-electron chi connectivity index (χ3n) is 3.28. The van der Waals surface area contributed by atoms with Gasteiger partial charge in [0, 0.05) is 24.5 Å². The molecule has 1 atom stereocenters. The molecule has 0 bridgehead atoms. The fourth-order valence-electron chi connectivity index (χ4n) is 2.68. The first-order valence-electron chi connectivity index (χ1n) is 7.01. The summed E-state index contributed by atoms with van der Waals surface area (Å²) in [6.07, 6.45) is 1.25. The van der Waals surface area contributed by atoms with Gasteiger partial charge in [-0.1, -0.05) is 6.92 Å². The van der Waals surface area contributed by atoms with Gasteiger partial charge in [-0.25, -0.2) is 4.98 Å². The summed E-state index contributed by atoms with van der Waals surface area (Å²) in [5.74, 6) is 0. The highest BCUT2D eigenvalue weighted by atomic mass is 32.1. The van der Waals surface area contributed by atoms with E-state index in [0.717, 1.165) is 31.2 Å². The van der Waals surface area contributed by atoms with Crippen LogP contribution in [0.5, 0.6) is 0 Å². The molecule has 1 aliphatic rings. The van der Waals surface area contributed by atoms with E-state index in [2.05, 4.69) is 37.9 Å². The van der Waals surface area contributed by atoms with Gasteiger partial charge in [0.15, 0.2) is 5.13 Å². The maximum absolute atomic E-state index is 5.96. The molecule has 0 amide bonds. The molecule has 2 heterocycles. The maximum Gasteiger partial charge on any atom is 0.186 e. The molecule has 1 aliphatic heterocycles. The number of aromatic nitrogens is 1. The molecule has 0 radical (unpaired) electrons. The van der Waals surface area contributed by atoms with E-state index in [-0.39, 0.29) is 11.7 Å². The zero-order valence-corrected chi connectivity index (χ0v) is 13.4. The molecule has 1 aromatic rings. The van der Waals surface area contributed by atoms with Crippen molar-refractivity contribution in [1.29, 1.82) is 0 Å². The molecule has 0 saturated carbocycles. The standard InChI is InChI=1S/C14H25N3OS/c1-6-11-12(7-15-5)19-13(16-11)17-8-10(2)18-14(3,4)9-17/h10,15H,6-9H2,1-5H3. The van der Waals surface area contributed by atoms with Gasteiger partial charge in [0.25, 0.3) is 0 Å². The van der Waals surface area contributed by atoms with E-state index in [1.807, 2.05) is 18.4 Å². The van der Waals surface area contributed by atoms with Crippen LogP contribution in [0.15, 0.2) is 0 Å². The van der Waals surface area contributed by atoms with Crippen LogP contribution in [-0.2, 0) is 17.7 Å². The van der Waals surface area contributed by atoms with Crippen LogP contribution in [0.25, 0.3) is 0 Å². The van der Waals surface area contributed by atoms with Crippen LogP contribution in [0.1, 0.15) is 38.3 Å². The van der Waals surface area contributed by atoms with Crippen molar-refractivity contribution in [1.82, 2.24) is 10.3 Å². The summed E-state index contributed by atoms with van der Waals surface area (Å²) in [4.78, 5) is 8.55. The number of rotatable bonds is 4. The second kappa shape index (κ2) is 5.77. The van der Waals surface area contributed by atoms with E-state index in [0.29, 0.717) is 0 Å². The minimum Gasteiger partial charge on any atom is -0.369 e. The average Bonchev–Trinajstić information content (AvgIpc) is 2.70. The van der Waals surface area contributed by atoms with Crippen LogP contribution in [0.2, 0.25) is 0 Å². The van der Waals surface area contributed by atoms with E-state index >= 15 is 0 Å². The lowest BCUT2D eigenvalue weighted by Crippen LogP contribution is -2.52. The molecule has 1 unspecified atom stereocenters. The quantitative estimate of drug-likeness (QED) is 0.921. The zero-order valence-electron chi connectivity index (χ0n) is 12.6. The number of nitrogens with one attached hydrogen (secondary N) is 1. The summed E-state index contributed by atoms with van der Waals surface area (Å²) < 4.78 is 5.96. The van der Waals surface area contributed by atoms with Gasteiger partial charge in [-0.05, 0) is 34.2 Å². The summed E-state index contributed by atoms with van der Waals surface area (Å²) in [5.41, 5.74) is 1.13. The number of hydrogen-bond donors (Lipinski definition) is 1. The van der Waals surface area contributed by atoms with E-state index in [4.69, 9.17) is 9.72 Å². The number of thiazole rings is 1. The SMILES string of the molecule is CCc1nc(N2CC(C)OC(C)(C)C2)sc1CNC. The molecule has 4 nitrogen and oxygen atoms in total. The molecule has 1 fully saturated rings. The Bertz CT molecular complexity index is 430. The third-order valence-corrected chi connectivity index (χ3v) is 4.44. The molecule has 1 saturated heterocycles. The molecule has 0 aliphatic carbocycles. The number of nitrogens with zero attached hydrogens (tertiary/aromatic N) is 2. The highest BCUT2D eigenvalue weighted by molar-refractivity contribution is 7.15. The lowest BCUT2D eigenvalue weighted by atomic mass is 10.1. The van der Waals surface area contributed by atoms with E-state index < -0.39 is 0 Å². The van der Waals surface area contributed by atoms with Crippen molar-refractivity contribution in [2.45, 2.75) is 52.4 Å². The molecular weight excluding hydrogens is 258 g/mol. The van der Waals surface area contributed by atoms with Gasteiger partial charge < -0.3 is 15.0 Å². The Morgan fingerprint density at radius 3 is 2.84 bits per heavy atom. The zero-order chi connectivity index (χ0) is 14.0. The Hall–Kier alpha value is -0.650. The smallest absolute Gasteiger partial charge is 0.186 e. The second-order valence-corrected chi connectivity index (χ2v) is 6.88. The minimum atomic E-state index is -0.0983. The van der Waals surface area contributed by atoms with Gasteiger partial charge in [0.05, 0.1) is 17.4 Å². The maximum atomic E-state index is 5.96. The van der Waals surface area contributed by atoms with Crippen LogP contribution in [0, 0.1) is 0 Å². The van der Waals surface area contributed by atoms with Crippen LogP contribution in [0.3, 0.4) is 0 Å². The van der Waals surface area contributed by atoms with Crippen molar-refractivity contribution in [2.24, 2.45) is 0 Å². The van der Waals surface area contributed by atoms with E-state index in [1.165, 1.54) is 10.6 Å². The van der Waals surface area contributed by atoms with Gasteiger partial charge in [0.2, 0.25) is 0 Å². The van der Waals surface area contributed by atoms with Crippen LogP contribution in [-0.4, -0.2) is 36.8 Å². The normalized spacial score (nSPS) is 22.8. The molecule has 108 valence electrons. The highest BCUT2D eigenvalue weighted by Gasteiger charge is 2.32. The van der Waals surface area contributed by atoms with Gasteiger partial charge in [-0.2, -0.15) is 0 Å². The van der Waals surface area contributed by atoms with Gasteiger partial charge in [0.1, 0.15) is 0 Å². The monoisotopic (exact) mass is 283 g/mol. The number of ether oxygens (including phenoxy) is 1. The third kappa shape index (κ3) is 3.46. The van der Waals surface area contributed by atoms with E-state index in [1.54, 1.807) is 0 Å². The Morgan fingerprint density at radius 2 is 2.26 bits per heavy atom. The number of anilines is 1. The highest BCUT2D eigenvalue weighted by Crippen LogP contribution is 2.31. The van der Waals surface area contributed by atoms with Crippen LogP contribution < -0.4 is 10.2 Å². The number of hydrogen-bond acceptors (Lipinski definition) is 5. The number of morpholine rings is 1. The van der Waals surface area contributed by atoms with Crippen LogP contribution in [0.4, 0.5) is 5.13 Å². The van der Waals surface area contributed by atoms with Crippen molar-refractivity contribution in [3.63, 3.8) is 0 Å².